The Balaban J connectivity index is 0.00000192. The zero-order chi connectivity index (χ0) is 15.5. The Morgan fingerprint density at radius 3 is 2.96 bits per heavy atom. The molecule has 0 radical (unpaired) electrons. The number of amides is 1. The number of para-hydroxylation sites is 1. The molecule has 0 spiro atoms. The van der Waals surface area contributed by atoms with Crippen LogP contribution in [0.5, 0.6) is 0 Å². The fourth-order valence-electron chi connectivity index (χ4n) is 2.21. The number of thiazole rings is 1. The van der Waals surface area contributed by atoms with Crippen molar-refractivity contribution < 1.29 is 9.21 Å². The highest BCUT2D eigenvalue weighted by Crippen LogP contribution is 2.23. The van der Waals surface area contributed by atoms with Crippen LogP contribution in [0.25, 0.3) is 11.0 Å². The minimum absolute atomic E-state index is 0. The van der Waals surface area contributed by atoms with E-state index in [1.807, 2.05) is 37.3 Å². The Hall–Kier alpha value is -1.89. The number of nitrogens with one attached hydrogen (secondary N) is 1. The van der Waals surface area contributed by atoms with Gasteiger partial charge in [0.05, 0.1) is 11.0 Å². The number of aromatic nitrogens is 1. The lowest BCUT2D eigenvalue weighted by Crippen LogP contribution is -2.26. The van der Waals surface area contributed by atoms with E-state index in [0.29, 0.717) is 18.7 Å². The normalized spacial score (nSPS) is 11.9. The first-order chi connectivity index (χ1) is 10.7. The molecule has 1 aromatic carbocycles. The van der Waals surface area contributed by atoms with E-state index >= 15 is 0 Å². The molecule has 3 rings (SSSR count). The smallest absolute Gasteiger partial charge is 0.271 e. The molecule has 0 aliphatic rings. The van der Waals surface area contributed by atoms with Crippen LogP contribution in [-0.2, 0) is 6.42 Å². The number of hydrogen-bond donors (Lipinski definition) is 2. The van der Waals surface area contributed by atoms with Crippen LogP contribution < -0.4 is 11.1 Å². The summed E-state index contributed by atoms with van der Waals surface area (Å²) in [6.07, 6.45) is 0.692. The van der Waals surface area contributed by atoms with Crippen molar-refractivity contribution in [1.29, 1.82) is 0 Å². The molecular formula is C16H18ClN3O2S. The number of hydrogen-bond acceptors (Lipinski definition) is 5. The summed E-state index contributed by atoms with van der Waals surface area (Å²) >= 11 is 1.45. The second-order valence-corrected chi connectivity index (χ2v) is 5.99. The van der Waals surface area contributed by atoms with Crippen molar-refractivity contribution in [2.24, 2.45) is 5.73 Å². The summed E-state index contributed by atoms with van der Waals surface area (Å²) in [6.45, 7) is 2.42. The van der Waals surface area contributed by atoms with Crippen LogP contribution >= 0.6 is 23.7 Å². The van der Waals surface area contributed by atoms with Gasteiger partial charge in [0.1, 0.15) is 17.0 Å². The van der Waals surface area contributed by atoms with Gasteiger partial charge >= 0.3 is 0 Å². The molecule has 122 valence electrons. The molecule has 0 fully saturated rings. The maximum atomic E-state index is 12.2. The van der Waals surface area contributed by atoms with Crippen LogP contribution in [0, 0.1) is 0 Å². The monoisotopic (exact) mass is 351 g/mol. The number of halogens is 1. The number of nitrogens with two attached hydrogens (primary N) is 1. The number of fused-ring (bicyclic) bond motifs is 1. The molecule has 0 aliphatic carbocycles. The van der Waals surface area contributed by atoms with Gasteiger partial charge in [0.15, 0.2) is 0 Å². The first kappa shape index (κ1) is 17.5. The molecule has 5 nitrogen and oxygen atoms in total. The molecule has 1 atom stereocenters. The zero-order valence-corrected chi connectivity index (χ0v) is 14.2. The molecule has 0 saturated heterocycles. The van der Waals surface area contributed by atoms with Crippen molar-refractivity contribution in [2.75, 3.05) is 6.54 Å². The maximum Gasteiger partial charge on any atom is 0.271 e. The summed E-state index contributed by atoms with van der Waals surface area (Å²) < 4.78 is 5.76. The lowest BCUT2D eigenvalue weighted by atomic mass is 10.2. The Bertz CT molecular complexity index is 766. The first-order valence-corrected chi connectivity index (χ1v) is 7.99. The van der Waals surface area contributed by atoms with E-state index in [-0.39, 0.29) is 24.4 Å². The van der Waals surface area contributed by atoms with Crippen molar-refractivity contribution in [1.82, 2.24) is 10.3 Å². The summed E-state index contributed by atoms with van der Waals surface area (Å²) in [5.41, 5.74) is 6.74. The van der Waals surface area contributed by atoms with Crippen LogP contribution in [0.15, 0.2) is 40.1 Å². The third-order valence-corrected chi connectivity index (χ3v) is 4.27. The maximum absolute atomic E-state index is 12.2. The van der Waals surface area contributed by atoms with Crippen LogP contribution in [0.1, 0.15) is 34.2 Å². The quantitative estimate of drug-likeness (QED) is 0.739. The molecule has 3 aromatic rings. The van der Waals surface area contributed by atoms with E-state index in [2.05, 4.69) is 10.3 Å². The molecule has 0 aliphatic heterocycles. The lowest BCUT2D eigenvalue weighted by molar-refractivity contribution is 0.0931. The molecule has 2 heterocycles. The van der Waals surface area contributed by atoms with Crippen molar-refractivity contribution in [3.8, 4) is 0 Å². The standard InChI is InChI=1S/C16H17N3O2S.ClH/c1-10(14-8-11-4-2-3-5-13(11)21-14)18-16(20)12-9-22-15(19-12)6-7-17;/h2-5,8-10H,6-7,17H2,1H3,(H,18,20);1H. The first-order valence-electron chi connectivity index (χ1n) is 7.11. The van der Waals surface area contributed by atoms with Gasteiger partial charge in [0.25, 0.3) is 5.91 Å². The van der Waals surface area contributed by atoms with Crippen molar-refractivity contribution in [2.45, 2.75) is 19.4 Å². The van der Waals surface area contributed by atoms with E-state index in [0.717, 1.165) is 21.7 Å². The summed E-state index contributed by atoms with van der Waals surface area (Å²) in [5.74, 6) is 0.527. The number of carbonyl (C=O) groups excluding carboxylic acids is 1. The fourth-order valence-corrected chi connectivity index (χ4v) is 3.01. The van der Waals surface area contributed by atoms with Crippen molar-refractivity contribution >= 4 is 40.6 Å². The van der Waals surface area contributed by atoms with Gasteiger partial charge in [-0.2, -0.15) is 0 Å². The number of carbonyl (C=O) groups is 1. The molecule has 7 heteroatoms. The SMILES string of the molecule is CC(NC(=O)c1csc(CCN)n1)c1cc2ccccc2o1.Cl. The van der Waals surface area contributed by atoms with E-state index in [1.165, 1.54) is 11.3 Å². The molecular weight excluding hydrogens is 334 g/mol. The Morgan fingerprint density at radius 2 is 2.22 bits per heavy atom. The molecule has 0 saturated carbocycles. The molecule has 1 unspecified atom stereocenters. The Morgan fingerprint density at radius 1 is 1.43 bits per heavy atom. The highest BCUT2D eigenvalue weighted by Gasteiger charge is 2.17. The molecule has 1 amide bonds. The van der Waals surface area contributed by atoms with Gasteiger partial charge in [0.2, 0.25) is 0 Å². The van der Waals surface area contributed by atoms with Crippen molar-refractivity contribution in [3.05, 3.63) is 52.2 Å². The zero-order valence-electron chi connectivity index (χ0n) is 12.6. The molecule has 23 heavy (non-hydrogen) atoms. The van der Waals surface area contributed by atoms with Gasteiger partial charge < -0.3 is 15.5 Å². The van der Waals surface area contributed by atoms with Crippen LogP contribution in [0.3, 0.4) is 0 Å². The second kappa shape index (κ2) is 7.59. The van der Waals surface area contributed by atoms with Crippen LogP contribution in [-0.4, -0.2) is 17.4 Å². The van der Waals surface area contributed by atoms with Crippen LogP contribution in [0.2, 0.25) is 0 Å². The van der Waals surface area contributed by atoms with E-state index < -0.39 is 0 Å². The summed E-state index contributed by atoms with van der Waals surface area (Å²) in [4.78, 5) is 16.5. The van der Waals surface area contributed by atoms with Gasteiger partial charge in [-0.05, 0) is 25.6 Å². The van der Waals surface area contributed by atoms with E-state index in [9.17, 15) is 4.79 Å². The van der Waals surface area contributed by atoms with Gasteiger partial charge in [-0.25, -0.2) is 4.98 Å². The molecule has 3 N–H and O–H groups in total. The van der Waals surface area contributed by atoms with Gasteiger partial charge in [-0.1, -0.05) is 18.2 Å². The summed E-state index contributed by atoms with van der Waals surface area (Å²) in [6, 6.07) is 9.50. The summed E-state index contributed by atoms with van der Waals surface area (Å²) in [5, 5.41) is 6.57. The van der Waals surface area contributed by atoms with Crippen molar-refractivity contribution in [3.63, 3.8) is 0 Å². The Kier molecular flexibility index (Phi) is 5.76. The summed E-state index contributed by atoms with van der Waals surface area (Å²) in [7, 11) is 0. The second-order valence-electron chi connectivity index (χ2n) is 5.05. The number of benzene rings is 1. The average molecular weight is 352 g/mol. The van der Waals surface area contributed by atoms with Crippen LogP contribution in [0.4, 0.5) is 0 Å². The fraction of sp³-hybridized carbons (Fsp3) is 0.250. The molecule has 2 aromatic heterocycles. The Labute approximate surface area is 144 Å². The highest BCUT2D eigenvalue weighted by atomic mass is 35.5. The third-order valence-electron chi connectivity index (χ3n) is 3.36. The predicted octanol–water partition coefficient (Wildman–Crippen LogP) is 3.30. The van der Waals surface area contributed by atoms with E-state index in [1.54, 1.807) is 5.38 Å². The largest absolute Gasteiger partial charge is 0.459 e. The van der Waals surface area contributed by atoms with E-state index in [4.69, 9.17) is 10.2 Å². The van der Waals surface area contributed by atoms with Gasteiger partial charge in [-0.3, -0.25) is 4.79 Å². The average Bonchev–Trinajstić information content (AvgIpc) is 3.13. The lowest BCUT2D eigenvalue weighted by Gasteiger charge is -2.09. The minimum atomic E-state index is -0.223. The third kappa shape index (κ3) is 3.90. The number of furan rings is 1. The predicted molar refractivity (Wildman–Crippen MR) is 94.2 cm³/mol. The molecule has 0 bridgehead atoms. The topological polar surface area (TPSA) is 81.2 Å². The highest BCUT2D eigenvalue weighted by molar-refractivity contribution is 7.09. The minimum Gasteiger partial charge on any atom is -0.459 e. The number of rotatable bonds is 5. The van der Waals surface area contributed by atoms with Gasteiger partial charge in [0, 0.05) is 17.2 Å². The van der Waals surface area contributed by atoms with Gasteiger partial charge in [-0.15, -0.1) is 23.7 Å². The number of nitrogens with zero attached hydrogens (tertiary/aromatic N) is 1.